The Hall–Kier alpha value is -1.06. The van der Waals surface area contributed by atoms with Crippen LogP contribution in [0.2, 0.25) is 5.02 Å². The molecule has 15 heavy (non-hydrogen) atoms. The molecule has 0 aliphatic heterocycles. The second-order valence-electron chi connectivity index (χ2n) is 3.18. The SMILES string of the molecule is CCNCC(=O)NCc1ccc(Cl)cc1. The predicted octanol–water partition coefficient (Wildman–Crippen LogP) is 1.57. The molecular formula is C11H15ClN2O. The summed E-state index contributed by atoms with van der Waals surface area (Å²) >= 11 is 5.75. The van der Waals surface area contributed by atoms with Crippen molar-refractivity contribution in [1.82, 2.24) is 10.6 Å². The van der Waals surface area contributed by atoms with Gasteiger partial charge in [-0.15, -0.1) is 0 Å². The highest BCUT2D eigenvalue weighted by atomic mass is 35.5. The van der Waals surface area contributed by atoms with Crippen molar-refractivity contribution in [2.75, 3.05) is 13.1 Å². The van der Waals surface area contributed by atoms with Crippen molar-refractivity contribution >= 4 is 17.5 Å². The molecule has 4 heteroatoms. The Morgan fingerprint density at radius 2 is 2.00 bits per heavy atom. The third kappa shape index (κ3) is 4.81. The lowest BCUT2D eigenvalue weighted by Gasteiger charge is -2.05. The molecule has 0 aliphatic carbocycles. The number of likely N-dealkylation sites (N-methyl/N-ethyl adjacent to an activating group) is 1. The van der Waals surface area contributed by atoms with Gasteiger partial charge < -0.3 is 10.6 Å². The Morgan fingerprint density at radius 1 is 1.33 bits per heavy atom. The second-order valence-corrected chi connectivity index (χ2v) is 3.62. The molecule has 3 nitrogen and oxygen atoms in total. The number of carbonyl (C=O) groups is 1. The van der Waals surface area contributed by atoms with E-state index in [0.717, 1.165) is 12.1 Å². The quantitative estimate of drug-likeness (QED) is 0.800. The van der Waals surface area contributed by atoms with E-state index in [2.05, 4.69) is 10.6 Å². The van der Waals surface area contributed by atoms with Crippen molar-refractivity contribution in [1.29, 1.82) is 0 Å². The van der Waals surface area contributed by atoms with Gasteiger partial charge >= 0.3 is 0 Å². The van der Waals surface area contributed by atoms with Crippen LogP contribution in [0.4, 0.5) is 0 Å². The van der Waals surface area contributed by atoms with Crippen molar-refractivity contribution in [2.45, 2.75) is 13.5 Å². The van der Waals surface area contributed by atoms with Gasteiger partial charge in [-0.1, -0.05) is 30.7 Å². The van der Waals surface area contributed by atoms with Gasteiger partial charge in [0.05, 0.1) is 6.54 Å². The number of halogens is 1. The molecule has 1 rings (SSSR count). The highest BCUT2D eigenvalue weighted by molar-refractivity contribution is 6.30. The van der Waals surface area contributed by atoms with Gasteiger partial charge in [0.25, 0.3) is 0 Å². The standard InChI is InChI=1S/C11H15ClN2O/c1-2-13-8-11(15)14-7-9-3-5-10(12)6-4-9/h3-6,13H,2,7-8H2,1H3,(H,14,15). The summed E-state index contributed by atoms with van der Waals surface area (Å²) in [5.41, 5.74) is 1.05. The van der Waals surface area contributed by atoms with Crippen LogP contribution in [-0.4, -0.2) is 19.0 Å². The van der Waals surface area contributed by atoms with Gasteiger partial charge in [-0.05, 0) is 24.2 Å². The normalized spacial score (nSPS) is 10.0. The van der Waals surface area contributed by atoms with Crippen LogP contribution < -0.4 is 10.6 Å². The summed E-state index contributed by atoms with van der Waals surface area (Å²) in [5, 5.41) is 6.48. The van der Waals surface area contributed by atoms with Gasteiger partial charge in [-0.25, -0.2) is 0 Å². The molecule has 0 radical (unpaired) electrons. The molecule has 0 saturated heterocycles. The van der Waals surface area contributed by atoms with Crippen molar-refractivity contribution in [3.8, 4) is 0 Å². The monoisotopic (exact) mass is 226 g/mol. The maximum atomic E-state index is 11.2. The highest BCUT2D eigenvalue weighted by Gasteiger charge is 1.99. The Balaban J connectivity index is 2.30. The van der Waals surface area contributed by atoms with Crippen molar-refractivity contribution < 1.29 is 4.79 Å². The Morgan fingerprint density at radius 3 is 2.60 bits per heavy atom. The summed E-state index contributed by atoms with van der Waals surface area (Å²) in [6, 6.07) is 7.42. The molecule has 0 aliphatic rings. The number of nitrogens with one attached hydrogen (secondary N) is 2. The van der Waals surface area contributed by atoms with Crippen LogP contribution in [-0.2, 0) is 11.3 Å². The molecule has 1 aromatic carbocycles. The summed E-state index contributed by atoms with van der Waals surface area (Å²) in [5.74, 6) is 0.00630. The van der Waals surface area contributed by atoms with E-state index in [-0.39, 0.29) is 5.91 Å². The molecular weight excluding hydrogens is 212 g/mol. The van der Waals surface area contributed by atoms with E-state index in [9.17, 15) is 4.79 Å². The highest BCUT2D eigenvalue weighted by Crippen LogP contribution is 2.08. The van der Waals surface area contributed by atoms with Crippen LogP contribution in [0.25, 0.3) is 0 Å². The molecule has 0 heterocycles. The van der Waals surface area contributed by atoms with E-state index >= 15 is 0 Å². The van der Waals surface area contributed by atoms with Gasteiger partial charge in [0.2, 0.25) is 5.91 Å². The van der Waals surface area contributed by atoms with Gasteiger partial charge in [0, 0.05) is 11.6 Å². The van der Waals surface area contributed by atoms with Crippen molar-refractivity contribution in [3.05, 3.63) is 34.9 Å². The van der Waals surface area contributed by atoms with E-state index < -0.39 is 0 Å². The van der Waals surface area contributed by atoms with Crippen LogP contribution in [0.1, 0.15) is 12.5 Å². The number of amides is 1. The van der Waals surface area contributed by atoms with Gasteiger partial charge in [0.15, 0.2) is 0 Å². The van der Waals surface area contributed by atoms with Crippen molar-refractivity contribution in [3.63, 3.8) is 0 Å². The van der Waals surface area contributed by atoms with E-state index in [0.29, 0.717) is 18.1 Å². The van der Waals surface area contributed by atoms with Crippen LogP contribution >= 0.6 is 11.6 Å². The smallest absolute Gasteiger partial charge is 0.234 e. The zero-order valence-electron chi connectivity index (χ0n) is 8.72. The number of hydrogen-bond acceptors (Lipinski definition) is 2. The number of benzene rings is 1. The first-order valence-electron chi connectivity index (χ1n) is 4.94. The number of hydrogen-bond donors (Lipinski definition) is 2. The maximum absolute atomic E-state index is 11.2. The third-order valence-corrected chi connectivity index (χ3v) is 2.19. The van der Waals surface area contributed by atoms with Crippen molar-refractivity contribution in [2.24, 2.45) is 0 Å². The molecule has 0 saturated carbocycles. The zero-order valence-corrected chi connectivity index (χ0v) is 9.47. The first-order valence-corrected chi connectivity index (χ1v) is 5.32. The van der Waals surface area contributed by atoms with Crippen LogP contribution in [0.3, 0.4) is 0 Å². The van der Waals surface area contributed by atoms with Crippen LogP contribution in [0.15, 0.2) is 24.3 Å². The first-order chi connectivity index (χ1) is 7.22. The topological polar surface area (TPSA) is 41.1 Å². The number of rotatable bonds is 5. The second kappa shape index (κ2) is 6.43. The zero-order chi connectivity index (χ0) is 11.1. The fourth-order valence-electron chi connectivity index (χ4n) is 1.10. The third-order valence-electron chi connectivity index (χ3n) is 1.94. The lowest BCUT2D eigenvalue weighted by molar-refractivity contribution is -0.120. The first kappa shape index (κ1) is 12.0. The molecule has 0 bridgehead atoms. The molecule has 0 atom stereocenters. The lowest BCUT2D eigenvalue weighted by Crippen LogP contribution is -2.33. The number of carbonyl (C=O) groups excluding carboxylic acids is 1. The fraction of sp³-hybridized carbons (Fsp3) is 0.364. The molecule has 1 aromatic rings. The van der Waals surface area contributed by atoms with Crippen LogP contribution in [0.5, 0.6) is 0 Å². The van der Waals surface area contributed by atoms with Gasteiger partial charge in [-0.2, -0.15) is 0 Å². The molecule has 0 unspecified atom stereocenters. The summed E-state index contributed by atoms with van der Waals surface area (Å²) < 4.78 is 0. The predicted molar refractivity (Wildman–Crippen MR) is 61.8 cm³/mol. The van der Waals surface area contributed by atoms with E-state index in [1.54, 1.807) is 0 Å². The summed E-state index contributed by atoms with van der Waals surface area (Å²) in [4.78, 5) is 11.2. The van der Waals surface area contributed by atoms with E-state index in [1.165, 1.54) is 0 Å². The Bertz CT molecular complexity index is 311. The molecule has 1 amide bonds. The molecule has 82 valence electrons. The molecule has 2 N–H and O–H groups in total. The summed E-state index contributed by atoms with van der Waals surface area (Å²) in [6.07, 6.45) is 0. The Kier molecular flexibility index (Phi) is 5.15. The average Bonchev–Trinajstić information content (AvgIpc) is 2.25. The average molecular weight is 227 g/mol. The molecule has 0 fully saturated rings. The summed E-state index contributed by atoms with van der Waals surface area (Å²) in [6.45, 7) is 3.67. The van der Waals surface area contributed by atoms with E-state index in [4.69, 9.17) is 11.6 Å². The lowest BCUT2D eigenvalue weighted by atomic mass is 10.2. The molecule has 0 spiro atoms. The minimum absolute atomic E-state index is 0.00630. The summed E-state index contributed by atoms with van der Waals surface area (Å²) in [7, 11) is 0. The Labute approximate surface area is 94.8 Å². The van der Waals surface area contributed by atoms with Gasteiger partial charge in [0.1, 0.15) is 0 Å². The maximum Gasteiger partial charge on any atom is 0.234 e. The molecule has 0 aromatic heterocycles. The largest absolute Gasteiger partial charge is 0.351 e. The van der Waals surface area contributed by atoms with E-state index in [1.807, 2.05) is 31.2 Å². The van der Waals surface area contributed by atoms with Gasteiger partial charge in [-0.3, -0.25) is 4.79 Å². The fourth-order valence-corrected chi connectivity index (χ4v) is 1.23. The van der Waals surface area contributed by atoms with Crippen LogP contribution in [0, 0.1) is 0 Å². The minimum atomic E-state index is 0.00630. The minimum Gasteiger partial charge on any atom is -0.351 e.